The molecule has 1 aromatic rings. The van der Waals surface area contributed by atoms with Gasteiger partial charge < -0.3 is 10.1 Å². The van der Waals surface area contributed by atoms with Gasteiger partial charge in [0, 0.05) is 40.9 Å². The molecule has 2 aliphatic rings. The monoisotopic (exact) mass is 313 g/mol. The quantitative estimate of drug-likeness (QED) is 0.865. The number of nitrogens with one attached hydrogen (secondary N) is 2. The van der Waals surface area contributed by atoms with E-state index in [2.05, 4.69) is 16.9 Å². The van der Waals surface area contributed by atoms with Crippen molar-refractivity contribution >= 4 is 11.8 Å². The Labute approximate surface area is 135 Å². The van der Waals surface area contributed by atoms with Gasteiger partial charge in [-0.15, -0.1) is 0 Å². The van der Waals surface area contributed by atoms with Crippen molar-refractivity contribution in [1.29, 1.82) is 0 Å². The zero-order valence-electron chi connectivity index (χ0n) is 13.2. The van der Waals surface area contributed by atoms with Gasteiger partial charge in [0.05, 0.1) is 6.61 Å². The molecule has 1 aromatic heterocycles. The van der Waals surface area contributed by atoms with E-state index in [1.807, 2.05) is 18.3 Å². The normalized spacial score (nSPS) is 24.0. The summed E-state index contributed by atoms with van der Waals surface area (Å²) in [5.41, 5.74) is 3.11. The smallest absolute Gasteiger partial charge is 0.315 e. The van der Waals surface area contributed by atoms with Gasteiger partial charge in [-0.3, -0.25) is 9.59 Å². The number of H-pyrrole nitrogens is 1. The first-order valence-corrected chi connectivity index (χ1v) is 7.98. The van der Waals surface area contributed by atoms with E-state index < -0.39 is 5.92 Å². The third kappa shape index (κ3) is 2.79. The van der Waals surface area contributed by atoms with Crippen molar-refractivity contribution in [2.75, 3.05) is 6.61 Å². The molecule has 0 spiro atoms. The second-order valence-electron chi connectivity index (χ2n) is 5.86. The summed E-state index contributed by atoms with van der Waals surface area (Å²) in [4.78, 5) is 28.1. The van der Waals surface area contributed by atoms with Gasteiger partial charge >= 0.3 is 5.97 Å². The molecule has 3 rings (SSSR count). The molecular formula is C18H21N2O3+. The van der Waals surface area contributed by atoms with Crippen LogP contribution in [0.5, 0.6) is 0 Å². The molecule has 2 unspecified atom stereocenters. The molecule has 1 aliphatic heterocycles. The summed E-state index contributed by atoms with van der Waals surface area (Å²) in [6.07, 6.45) is 5.80. The molecule has 0 saturated carbocycles. The van der Waals surface area contributed by atoms with Gasteiger partial charge in [0.1, 0.15) is 5.92 Å². The van der Waals surface area contributed by atoms with Crippen molar-refractivity contribution in [1.82, 2.24) is 5.32 Å². The van der Waals surface area contributed by atoms with Crippen LogP contribution in [0, 0.1) is 5.92 Å². The van der Waals surface area contributed by atoms with E-state index in [1.54, 1.807) is 13.1 Å². The maximum absolute atomic E-state index is 12.6. The predicted molar refractivity (Wildman–Crippen MR) is 84.0 cm³/mol. The number of carbonyl (C=O) groups is 2. The van der Waals surface area contributed by atoms with Crippen LogP contribution in [-0.2, 0) is 14.3 Å². The van der Waals surface area contributed by atoms with Gasteiger partial charge in [-0.1, -0.05) is 6.58 Å². The second kappa shape index (κ2) is 6.36. The van der Waals surface area contributed by atoms with Crippen molar-refractivity contribution in [3.63, 3.8) is 0 Å². The van der Waals surface area contributed by atoms with Crippen LogP contribution in [0.3, 0.4) is 0 Å². The Morgan fingerprint density at radius 1 is 1.48 bits per heavy atom. The molecule has 0 aromatic carbocycles. The highest BCUT2D eigenvalue weighted by Crippen LogP contribution is 2.43. The van der Waals surface area contributed by atoms with E-state index in [1.165, 1.54) is 0 Å². The van der Waals surface area contributed by atoms with E-state index >= 15 is 0 Å². The lowest BCUT2D eigenvalue weighted by molar-refractivity contribution is -0.378. The van der Waals surface area contributed by atoms with E-state index in [4.69, 9.17) is 4.74 Å². The lowest BCUT2D eigenvalue weighted by Crippen LogP contribution is -2.41. The Balaban J connectivity index is 2.12. The summed E-state index contributed by atoms with van der Waals surface area (Å²) in [7, 11) is 0. The number of rotatable bonds is 3. The van der Waals surface area contributed by atoms with Crippen LogP contribution in [0.1, 0.15) is 37.7 Å². The maximum Gasteiger partial charge on any atom is 0.315 e. The van der Waals surface area contributed by atoms with E-state index in [0.717, 1.165) is 24.1 Å². The summed E-state index contributed by atoms with van der Waals surface area (Å²) in [5.74, 6) is -1.17. The SMILES string of the molecule is C=C1NC2=C(C(=O)CCC2)C(c2ccc[nH+]c2)C1C(=O)OCC. The highest BCUT2D eigenvalue weighted by Gasteiger charge is 2.44. The number of ketones is 1. The first-order valence-electron chi connectivity index (χ1n) is 7.98. The Kier molecular flexibility index (Phi) is 4.28. The highest BCUT2D eigenvalue weighted by atomic mass is 16.5. The summed E-state index contributed by atoms with van der Waals surface area (Å²) in [5, 5.41) is 3.19. The van der Waals surface area contributed by atoms with Gasteiger partial charge in [-0.05, 0) is 25.8 Å². The van der Waals surface area contributed by atoms with Crippen molar-refractivity contribution in [2.45, 2.75) is 32.1 Å². The molecule has 2 heterocycles. The van der Waals surface area contributed by atoms with Gasteiger partial charge in [0.2, 0.25) is 0 Å². The number of aromatic amines is 1. The number of aromatic nitrogens is 1. The Morgan fingerprint density at radius 2 is 2.30 bits per heavy atom. The van der Waals surface area contributed by atoms with E-state index in [0.29, 0.717) is 24.3 Å². The van der Waals surface area contributed by atoms with Crippen molar-refractivity contribution < 1.29 is 19.3 Å². The molecular weight excluding hydrogens is 292 g/mol. The molecule has 5 nitrogen and oxygen atoms in total. The molecule has 0 fully saturated rings. The lowest BCUT2D eigenvalue weighted by atomic mass is 9.72. The molecule has 0 bridgehead atoms. The van der Waals surface area contributed by atoms with Crippen molar-refractivity contribution in [2.24, 2.45) is 5.92 Å². The molecule has 5 heteroatoms. The average molecular weight is 313 g/mol. The largest absolute Gasteiger partial charge is 0.465 e. The van der Waals surface area contributed by atoms with Crippen LogP contribution in [0.2, 0.25) is 0 Å². The summed E-state index contributed by atoms with van der Waals surface area (Å²) < 4.78 is 5.23. The number of ether oxygens (including phenoxy) is 1. The van der Waals surface area contributed by atoms with E-state index in [-0.39, 0.29) is 17.7 Å². The second-order valence-corrected chi connectivity index (χ2v) is 5.86. The predicted octanol–water partition coefficient (Wildman–Crippen LogP) is 1.89. The number of pyridine rings is 1. The first-order chi connectivity index (χ1) is 11.1. The first kappa shape index (κ1) is 15.5. The molecule has 0 saturated heterocycles. The minimum absolute atomic E-state index is 0.106. The molecule has 0 radical (unpaired) electrons. The third-order valence-electron chi connectivity index (χ3n) is 4.42. The topological polar surface area (TPSA) is 69.5 Å². The van der Waals surface area contributed by atoms with Crippen LogP contribution in [-0.4, -0.2) is 18.4 Å². The number of esters is 1. The van der Waals surface area contributed by atoms with Gasteiger partial charge in [0.25, 0.3) is 0 Å². The average Bonchev–Trinajstić information content (AvgIpc) is 2.54. The van der Waals surface area contributed by atoms with Crippen LogP contribution >= 0.6 is 0 Å². The summed E-state index contributed by atoms with van der Waals surface area (Å²) in [6.45, 7) is 6.10. The number of hydrogen-bond acceptors (Lipinski definition) is 4. The number of hydrogen-bond donors (Lipinski definition) is 1. The van der Waals surface area contributed by atoms with Crippen LogP contribution in [0.15, 0.2) is 48.1 Å². The molecule has 1 aliphatic carbocycles. The van der Waals surface area contributed by atoms with Crippen LogP contribution in [0.25, 0.3) is 0 Å². The standard InChI is InChI=1S/C18H20N2O3/c1-3-23-18(22)15-11(2)20-13-7-4-8-14(21)17(13)16(15)12-6-5-9-19-10-12/h5-6,9-10,15-16,20H,2-4,7-8H2,1H3/p+1. The molecule has 23 heavy (non-hydrogen) atoms. The van der Waals surface area contributed by atoms with Crippen molar-refractivity contribution in [3.8, 4) is 0 Å². The fraction of sp³-hybridized carbons (Fsp3) is 0.389. The number of allylic oxidation sites excluding steroid dienone is 2. The van der Waals surface area contributed by atoms with Crippen LogP contribution < -0.4 is 10.3 Å². The fourth-order valence-electron chi connectivity index (χ4n) is 3.46. The number of Topliss-reactive ketones (excluding diaryl/α,β-unsaturated/α-hetero) is 1. The lowest BCUT2D eigenvalue weighted by Gasteiger charge is -2.37. The van der Waals surface area contributed by atoms with E-state index in [9.17, 15) is 9.59 Å². The minimum Gasteiger partial charge on any atom is -0.465 e. The van der Waals surface area contributed by atoms with Gasteiger partial charge in [-0.25, -0.2) is 4.98 Å². The fourth-order valence-corrected chi connectivity index (χ4v) is 3.46. The Bertz CT molecular complexity index is 679. The summed E-state index contributed by atoms with van der Waals surface area (Å²) >= 11 is 0. The van der Waals surface area contributed by atoms with Gasteiger partial charge in [-0.2, -0.15) is 0 Å². The minimum atomic E-state index is -0.591. The molecule has 2 N–H and O–H groups in total. The van der Waals surface area contributed by atoms with Crippen molar-refractivity contribution in [3.05, 3.63) is 53.6 Å². The Morgan fingerprint density at radius 3 is 3.00 bits per heavy atom. The molecule has 0 amide bonds. The highest BCUT2D eigenvalue weighted by molar-refractivity contribution is 6.00. The molecule has 120 valence electrons. The van der Waals surface area contributed by atoms with Crippen LogP contribution in [0.4, 0.5) is 0 Å². The zero-order chi connectivity index (χ0) is 16.4. The maximum atomic E-state index is 12.6. The number of carbonyl (C=O) groups excluding carboxylic acids is 2. The zero-order valence-corrected chi connectivity index (χ0v) is 13.2. The molecule has 2 atom stereocenters. The third-order valence-corrected chi connectivity index (χ3v) is 4.42. The van der Waals surface area contributed by atoms with Gasteiger partial charge in [0.15, 0.2) is 18.2 Å². The summed E-state index contributed by atoms with van der Waals surface area (Å²) in [6, 6.07) is 3.80. The Hall–Kier alpha value is -2.43.